The summed E-state index contributed by atoms with van der Waals surface area (Å²) >= 11 is 0. The number of benzene rings is 2. The lowest BCUT2D eigenvalue weighted by molar-refractivity contribution is -0.664. The number of fused-ring (bicyclic) bond motifs is 1. The Morgan fingerprint density at radius 3 is 2.65 bits per heavy atom. The Bertz CT molecular complexity index is 975. The molecule has 0 aliphatic carbocycles. The van der Waals surface area contributed by atoms with E-state index in [-0.39, 0.29) is 25.2 Å². The molecular formula is C23H27N4O4+. The molecule has 5 rings (SSSR count). The number of hydrogen-bond acceptors (Lipinski definition) is 5. The Hall–Kier alpha value is -3.26. The summed E-state index contributed by atoms with van der Waals surface area (Å²) in [7, 11) is 0. The third kappa shape index (κ3) is 3.67. The molecule has 0 saturated carbocycles. The van der Waals surface area contributed by atoms with Crippen LogP contribution in [-0.2, 0) is 16.1 Å². The summed E-state index contributed by atoms with van der Waals surface area (Å²) in [6.45, 7) is 2.91. The molecule has 0 unspecified atom stereocenters. The van der Waals surface area contributed by atoms with Crippen LogP contribution >= 0.6 is 0 Å². The average molecular weight is 423 g/mol. The van der Waals surface area contributed by atoms with Crippen molar-refractivity contribution >= 4 is 17.5 Å². The molecule has 2 aromatic carbocycles. The minimum atomic E-state index is -0.548. The topological polar surface area (TPSA) is 87.7 Å². The Kier molecular flexibility index (Phi) is 5.15. The molecule has 2 amide bonds. The van der Waals surface area contributed by atoms with Crippen LogP contribution in [0.1, 0.15) is 18.4 Å². The van der Waals surface area contributed by atoms with Gasteiger partial charge in [-0.3, -0.25) is 9.59 Å². The van der Waals surface area contributed by atoms with Crippen molar-refractivity contribution in [2.45, 2.75) is 24.9 Å². The Morgan fingerprint density at radius 2 is 1.84 bits per heavy atom. The van der Waals surface area contributed by atoms with E-state index < -0.39 is 5.54 Å². The molecule has 8 heteroatoms. The zero-order chi connectivity index (χ0) is 21.3. The van der Waals surface area contributed by atoms with Crippen LogP contribution < -0.4 is 25.0 Å². The van der Waals surface area contributed by atoms with Gasteiger partial charge < -0.3 is 29.9 Å². The highest BCUT2D eigenvalue weighted by atomic mass is 16.7. The number of para-hydroxylation sites is 1. The van der Waals surface area contributed by atoms with Gasteiger partial charge in [0.2, 0.25) is 12.7 Å². The predicted octanol–water partition coefficient (Wildman–Crippen LogP) is 0.434. The molecule has 31 heavy (non-hydrogen) atoms. The first-order valence-corrected chi connectivity index (χ1v) is 10.7. The van der Waals surface area contributed by atoms with Crippen molar-refractivity contribution in [2.75, 3.05) is 38.0 Å². The lowest BCUT2D eigenvalue weighted by Gasteiger charge is -2.38. The number of anilines is 1. The van der Waals surface area contributed by atoms with E-state index >= 15 is 0 Å². The second-order valence-electron chi connectivity index (χ2n) is 8.27. The smallest absolute Gasteiger partial charge is 0.250 e. The van der Waals surface area contributed by atoms with E-state index in [2.05, 4.69) is 15.5 Å². The summed E-state index contributed by atoms with van der Waals surface area (Å²) in [5, 5.41) is 5.18. The molecule has 0 bridgehead atoms. The maximum absolute atomic E-state index is 13.5. The predicted molar refractivity (Wildman–Crippen MR) is 114 cm³/mol. The highest BCUT2D eigenvalue weighted by molar-refractivity contribution is 5.96. The first-order valence-electron chi connectivity index (χ1n) is 10.7. The fraction of sp³-hybridized carbons (Fsp3) is 0.391. The molecule has 2 aromatic rings. The molecular weight excluding hydrogens is 396 g/mol. The third-order valence-electron chi connectivity index (χ3n) is 6.37. The molecule has 0 radical (unpaired) electrons. The number of ether oxygens (including phenoxy) is 2. The summed E-state index contributed by atoms with van der Waals surface area (Å²) in [6, 6.07) is 15.6. The molecule has 0 atom stereocenters. The molecule has 162 valence electrons. The fourth-order valence-corrected chi connectivity index (χ4v) is 4.75. The highest BCUT2D eigenvalue weighted by Crippen LogP contribution is 2.37. The number of piperidine rings is 1. The van der Waals surface area contributed by atoms with Crippen LogP contribution in [0.4, 0.5) is 5.69 Å². The number of nitrogens with zero attached hydrogens (tertiary/aromatic N) is 2. The van der Waals surface area contributed by atoms with Gasteiger partial charge in [-0.25, -0.2) is 0 Å². The summed E-state index contributed by atoms with van der Waals surface area (Å²) in [5.74, 6) is 1.30. The van der Waals surface area contributed by atoms with Gasteiger partial charge in [0.25, 0.3) is 5.91 Å². The van der Waals surface area contributed by atoms with Gasteiger partial charge in [-0.2, -0.15) is 0 Å². The maximum atomic E-state index is 13.5. The SMILES string of the molecule is O=C(CN1CN(c2ccccc2)C2(CC[NH2+]CC2)C1=O)NCc1ccc2c(c1)OCO2. The summed E-state index contributed by atoms with van der Waals surface area (Å²) in [6.07, 6.45) is 1.58. The second-order valence-corrected chi connectivity index (χ2v) is 8.27. The number of nitrogens with one attached hydrogen (secondary N) is 1. The second kappa shape index (κ2) is 8.11. The number of rotatable bonds is 5. The molecule has 3 aliphatic rings. The van der Waals surface area contributed by atoms with E-state index in [0.717, 1.165) is 37.2 Å². The van der Waals surface area contributed by atoms with Crippen molar-refractivity contribution < 1.29 is 24.4 Å². The molecule has 3 heterocycles. The van der Waals surface area contributed by atoms with Crippen molar-refractivity contribution in [3.05, 3.63) is 54.1 Å². The average Bonchev–Trinajstić information content (AvgIpc) is 3.37. The minimum Gasteiger partial charge on any atom is -0.454 e. The zero-order valence-electron chi connectivity index (χ0n) is 17.4. The van der Waals surface area contributed by atoms with Crippen LogP contribution in [0.15, 0.2) is 48.5 Å². The maximum Gasteiger partial charge on any atom is 0.250 e. The third-order valence-corrected chi connectivity index (χ3v) is 6.37. The highest BCUT2D eigenvalue weighted by Gasteiger charge is 2.54. The van der Waals surface area contributed by atoms with Gasteiger partial charge in [0.05, 0.1) is 19.8 Å². The number of hydrogen-bond donors (Lipinski definition) is 2. The van der Waals surface area contributed by atoms with Crippen molar-refractivity contribution in [3.63, 3.8) is 0 Å². The number of carbonyl (C=O) groups is 2. The summed E-state index contributed by atoms with van der Waals surface area (Å²) in [4.78, 5) is 30.0. The van der Waals surface area contributed by atoms with Crippen LogP contribution in [0, 0.1) is 0 Å². The van der Waals surface area contributed by atoms with E-state index in [0.29, 0.717) is 24.7 Å². The monoisotopic (exact) mass is 423 g/mol. The van der Waals surface area contributed by atoms with E-state index in [1.807, 2.05) is 48.5 Å². The Morgan fingerprint density at radius 1 is 1.06 bits per heavy atom. The molecule has 0 aromatic heterocycles. The standard InChI is InChI=1S/C23H26N4O4/c28-21(25-13-17-6-7-19-20(12-17)31-16-30-19)14-26-15-27(18-4-2-1-3-5-18)23(22(26)29)8-10-24-11-9-23/h1-7,12,24H,8-11,13-16H2,(H,25,28)/p+1. The van der Waals surface area contributed by atoms with Crippen molar-refractivity contribution in [3.8, 4) is 11.5 Å². The van der Waals surface area contributed by atoms with Crippen molar-refractivity contribution in [2.24, 2.45) is 0 Å². The van der Waals surface area contributed by atoms with Gasteiger partial charge in [0.1, 0.15) is 12.1 Å². The van der Waals surface area contributed by atoms with Gasteiger partial charge in [-0.15, -0.1) is 0 Å². The molecule has 2 fully saturated rings. The minimum absolute atomic E-state index is 0.0538. The quantitative estimate of drug-likeness (QED) is 0.729. The van der Waals surface area contributed by atoms with Gasteiger partial charge in [-0.1, -0.05) is 24.3 Å². The number of quaternary nitrogens is 1. The lowest BCUT2D eigenvalue weighted by atomic mass is 9.86. The first-order chi connectivity index (χ1) is 15.2. The van der Waals surface area contributed by atoms with Crippen LogP contribution in [0.5, 0.6) is 11.5 Å². The van der Waals surface area contributed by atoms with Gasteiger partial charge in [0.15, 0.2) is 11.5 Å². The van der Waals surface area contributed by atoms with Gasteiger partial charge in [-0.05, 0) is 29.8 Å². The van der Waals surface area contributed by atoms with E-state index in [4.69, 9.17) is 9.47 Å². The largest absolute Gasteiger partial charge is 0.454 e. The zero-order valence-corrected chi connectivity index (χ0v) is 17.4. The summed E-state index contributed by atoms with van der Waals surface area (Å²) < 4.78 is 10.7. The van der Waals surface area contributed by atoms with E-state index in [1.54, 1.807) is 4.90 Å². The van der Waals surface area contributed by atoms with Crippen LogP contribution in [0.2, 0.25) is 0 Å². The van der Waals surface area contributed by atoms with Crippen LogP contribution in [0.25, 0.3) is 0 Å². The number of nitrogens with two attached hydrogens (primary N) is 1. The van der Waals surface area contributed by atoms with Gasteiger partial charge in [0, 0.05) is 25.1 Å². The summed E-state index contributed by atoms with van der Waals surface area (Å²) in [5.41, 5.74) is 1.41. The molecule has 2 saturated heterocycles. The molecule has 3 aliphatic heterocycles. The van der Waals surface area contributed by atoms with E-state index in [9.17, 15) is 9.59 Å². The van der Waals surface area contributed by atoms with Gasteiger partial charge >= 0.3 is 0 Å². The molecule has 3 N–H and O–H groups in total. The molecule has 8 nitrogen and oxygen atoms in total. The first kappa shape index (κ1) is 19.7. The van der Waals surface area contributed by atoms with Crippen LogP contribution in [-0.4, -0.2) is 55.3 Å². The van der Waals surface area contributed by atoms with Crippen molar-refractivity contribution in [1.29, 1.82) is 0 Å². The Labute approximate surface area is 181 Å². The Balaban J connectivity index is 1.26. The lowest BCUT2D eigenvalue weighted by Crippen LogP contribution is -2.89. The fourth-order valence-electron chi connectivity index (χ4n) is 4.75. The van der Waals surface area contributed by atoms with Crippen molar-refractivity contribution in [1.82, 2.24) is 10.2 Å². The van der Waals surface area contributed by atoms with E-state index in [1.165, 1.54) is 0 Å². The normalized spacial score (nSPS) is 19.2. The number of amides is 2. The van der Waals surface area contributed by atoms with Crippen LogP contribution in [0.3, 0.4) is 0 Å². The number of carbonyl (C=O) groups excluding carboxylic acids is 2. The molecule has 1 spiro atoms.